The Kier molecular flexibility index (Phi) is 5.48. The summed E-state index contributed by atoms with van der Waals surface area (Å²) in [4.78, 5) is 38.2. The largest absolute Gasteiger partial charge is 0.467 e. The van der Waals surface area contributed by atoms with Crippen molar-refractivity contribution in [1.82, 2.24) is 14.8 Å². The zero-order valence-electron chi connectivity index (χ0n) is 15.5. The number of nitrogens with zero attached hydrogens (tertiary/aromatic N) is 2. The van der Waals surface area contributed by atoms with Crippen molar-refractivity contribution in [1.29, 1.82) is 0 Å². The number of urea groups is 1. The highest BCUT2D eigenvalue weighted by molar-refractivity contribution is 6.42. The first kappa shape index (κ1) is 20.0. The van der Waals surface area contributed by atoms with Crippen molar-refractivity contribution in [2.75, 3.05) is 0 Å². The fourth-order valence-corrected chi connectivity index (χ4v) is 3.40. The second-order valence-corrected chi connectivity index (χ2v) is 7.41. The Morgan fingerprint density at radius 3 is 2.57 bits per heavy atom. The van der Waals surface area contributed by atoms with Gasteiger partial charge in [0.1, 0.15) is 11.3 Å². The molecule has 1 aromatic carbocycles. The third-order valence-corrected chi connectivity index (χ3v) is 5.31. The molecule has 0 aliphatic carbocycles. The molecule has 0 saturated carbocycles. The van der Waals surface area contributed by atoms with E-state index < -0.39 is 17.8 Å². The van der Waals surface area contributed by atoms with Crippen LogP contribution < -0.4 is 5.32 Å². The summed E-state index contributed by atoms with van der Waals surface area (Å²) < 4.78 is 7.05. The van der Waals surface area contributed by atoms with Crippen molar-refractivity contribution < 1.29 is 18.8 Å². The lowest BCUT2D eigenvalue weighted by atomic mass is 10.1. The first-order chi connectivity index (χ1) is 14.4. The number of imide groups is 2. The van der Waals surface area contributed by atoms with Crippen LogP contribution in [0.2, 0.25) is 10.0 Å². The van der Waals surface area contributed by atoms with E-state index in [1.165, 1.54) is 12.3 Å². The summed E-state index contributed by atoms with van der Waals surface area (Å²) in [7, 11) is 0. The van der Waals surface area contributed by atoms with Crippen LogP contribution in [0.5, 0.6) is 0 Å². The molecule has 0 atom stereocenters. The average molecular weight is 444 g/mol. The van der Waals surface area contributed by atoms with Crippen LogP contribution in [-0.2, 0) is 22.7 Å². The van der Waals surface area contributed by atoms with E-state index >= 15 is 0 Å². The lowest BCUT2D eigenvalue weighted by molar-refractivity contribution is -0.130. The minimum absolute atomic E-state index is 0.0768. The number of nitrogens with one attached hydrogen (secondary N) is 1. The van der Waals surface area contributed by atoms with E-state index in [4.69, 9.17) is 27.6 Å². The number of amides is 4. The van der Waals surface area contributed by atoms with Crippen LogP contribution in [0.3, 0.4) is 0 Å². The molecule has 1 saturated heterocycles. The summed E-state index contributed by atoms with van der Waals surface area (Å²) in [6.07, 6.45) is 4.71. The number of carbonyl (C=O) groups excluding carboxylic acids is 3. The van der Waals surface area contributed by atoms with Crippen LogP contribution in [0.15, 0.2) is 64.9 Å². The Morgan fingerprint density at radius 1 is 1.00 bits per heavy atom. The Bertz CT molecular complexity index is 1160. The summed E-state index contributed by atoms with van der Waals surface area (Å²) in [5, 5.41) is 3.09. The molecule has 152 valence electrons. The smallest absolute Gasteiger partial charge is 0.331 e. The second kappa shape index (κ2) is 8.22. The second-order valence-electron chi connectivity index (χ2n) is 6.60. The molecule has 1 aliphatic rings. The SMILES string of the molecule is O=C1NC(=O)N(Cc2ccco2)C(=O)C1=Cc1cccn1Cc1ccc(Cl)c(Cl)c1. The molecule has 30 heavy (non-hydrogen) atoms. The van der Waals surface area contributed by atoms with E-state index in [9.17, 15) is 14.4 Å². The summed E-state index contributed by atoms with van der Waals surface area (Å²) in [6, 6.07) is 11.4. The number of furan rings is 1. The molecule has 3 aromatic rings. The topological polar surface area (TPSA) is 84.6 Å². The van der Waals surface area contributed by atoms with Gasteiger partial charge < -0.3 is 8.98 Å². The van der Waals surface area contributed by atoms with Crippen molar-refractivity contribution in [2.24, 2.45) is 0 Å². The quantitative estimate of drug-likeness (QED) is 0.475. The average Bonchev–Trinajstić information content (AvgIpc) is 3.37. The highest BCUT2D eigenvalue weighted by Crippen LogP contribution is 2.24. The lowest BCUT2D eigenvalue weighted by Crippen LogP contribution is -2.53. The van der Waals surface area contributed by atoms with E-state index in [1.54, 1.807) is 36.4 Å². The maximum Gasteiger partial charge on any atom is 0.331 e. The highest BCUT2D eigenvalue weighted by Gasteiger charge is 2.36. The normalized spacial score (nSPS) is 15.7. The Balaban J connectivity index is 1.61. The standard InChI is InChI=1S/C21H15Cl2N3O4/c22-17-6-5-13(9-18(17)23)11-25-7-1-3-14(25)10-16-19(27)24-21(29)26(20(16)28)12-15-4-2-8-30-15/h1-10H,11-12H2,(H,24,27,29). The van der Waals surface area contributed by atoms with E-state index in [0.717, 1.165) is 10.5 Å². The molecule has 1 fully saturated rings. The maximum absolute atomic E-state index is 12.8. The molecule has 9 heteroatoms. The van der Waals surface area contributed by atoms with Crippen LogP contribution in [0.1, 0.15) is 17.0 Å². The van der Waals surface area contributed by atoms with Gasteiger partial charge in [-0.3, -0.25) is 19.8 Å². The number of halogens is 2. The van der Waals surface area contributed by atoms with Crippen LogP contribution in [0.25, 0.3) is 6.08 Å². The molecule has 3 heterocycles. The van der Waals surface area contributed by atoms with Gasteiger partial charge >= 0.3 is 6.03 Å². The first-order valence-electron chi connectivity index (χ1n) is 8.92. The van der Waals surface area contributed by atoms with Crippen LogP contribution in [0, 0.1) is 0 Å². The molecule has 1 aliphatic heterocycles. The summed E-state index contributed by atoms with van der Waals surface area (Å²) >= 11 is 12.0. The molecule has 4 rings (SSSR count). The lowest BCUT2D eigenvalue weighted by Gasteiger charge is -2.25. The van der Waals surface area contributed by atoms with Gasteiger partial charge in [0.2, 0.25) is 0 Å². The highest BCUT2D eigenvalue weighted by atomic mass is 35.5. The van der Waals surface area contributed by atoms with Crippen molar-refractivity contribution in [2.45, 2.75) is 13.1 Å². The van der Waals surface area contributed by atoms with E-state index in [-0.39, 0.29) is 12.1 Å². The van der Waals surface area contributed by atoms with Gasteiger partial charge in [-0.15, -0.1) is 0 Å². The zero-order chi connectivity index (χ0) is 21.3. The number of carbonyl (C=O) groups is 3. The van der Waals surface area contributed by atoms with Crippen molar-refractivity contribution in [3.05, 3.63) is 87.6 Å². The van der Waals surface area contributed by atoms with Crippen LogP contribution in [-0.4, -0.2) is 27.3 Å². The number of benzene rings is 1. The van der Waals surface area contributed by atoms with E-state index in [1.807, 2.05) is 16.8 Å². The van der Waals surface area contributed by atoms with Gasteiger partial charge in [-0.25, -0.2) is 4.79 Å². The molecule has 4 amide bonds. The molecule has 2 aromatic heterocycles. The summed E-state index contributed by atoms with van der Waals surface area (Å²) in [6.45, 7) is 0.375. The molecule has 0 radical (unpaired) electrons. The van der Waals surface area contributed by atoms with Gasteiger partial charge in [0.25, 0.3) is 11.8 Å². The Labute approximate surface area is 181 Å². The third-order valence-electron chi connectivity index (χ3n) is 4.57. The molecule has 7 nitrogen and oxygen atoms in total. The van der Waals surface area contributed by atoms with Gasteiger partial charge in [0.15, 0.2) is 0 Å². The molecule has 0 bridgehead atoms. The van der Waals surface area contributed by atoms with Gasteiger partial charge in [-0.05, 0) is 48.0 Å². The molecular weight excluding hydrogens is 429 g/mol. The molecule has 1 N–H and O–H groups in total. The van der Waals surface area contributed by atoms with Crippen molar-refractivity contribution in [3.63, 3.8) is 0 Å². The molecule has 0 unspecified atom stereocenters. The first-order valence-corrected chi connectivity index (χ1v) is 9.68. The zero-order valence-corrected chi connectivity index (χ0v) is 17.0. The van der Waals surface area contributed by atoms with Crippen molar-refractivity contribution in [3.8, 4) is 0 Å². The minimum Gasteiger partial charge on any atom is -0.467 e. The molecular formula is C21H15Cl2N3O4. The van der Waals surface area contributed by atoms with Gasteiger partial charge in [-0.1, -0.05) is 29.3 Å². The fourth-order valence-electron chi connectivity index (χ4n) is 3.08. The van der Waals surface area contributed by atoms with Gasteiger partial charge in [0, 0.05) is 18.4 Å². The molecule has 0 spiro atoms. The predicted octanol–water partition coefficient (Wildman–Crippen LogP) is 4.10. The predicted molar refractivity (Wildman–Crippen MR) is 111 cm³/mol. The van der Waals surface area contributed by atoms with Crippen LogP contribution in [0.4, 0.5) is 4.79 Å². The van der Waals surface area contributed by atoms with E-state index in [2.05, 4.69) is 5.32 Å². The Hall–Kier alpha value is -3.29. The van der Waals surface area contributed by atoms with Crippen LogP contribution >= 0.6 is 23.2 Å². The van der Waals surface area contributed by atoms with E-state index in [0.29, 0.717) is 28.0 Å². The Morgan fingerprint density at radius 2 is 1.83 bits per heavy atom. The number of aromatic nitrogens is 1. The van der Waals surface area contributed by atoms with Gasteiger partial charge in [-0.2, -0.15) is 0 Å². The monoisotopic (exact) mass is 443 g/mol. The maximum atomic E-state index is 12.8. The number of rotatable bonds is 5. The van der Waals surface area contributed by atoms with Crippen molar-refractivity contribution >= 4 is 47.1 Å². The summed E-state index contributed by atoms with van der Waals surface area (Å²) in [5.41, 5.74) is 1.37. The summed E-state index contributed by atoms with van der Waals surface area (Å²) in [5.74, 6) is -1.01. The third kappa shape index (κ3) is 4.03. The minimum atomic E-state index is -0.787. The number of hydrogen-bond donors (Lipinski definition) is 1. The number of barbiturate groups is 1. The fraction of sp³-hybridized carbons (Fsp3) is 0.0952. The number of hydrogen-bond acceptors (Lipinski definition) is 4. The van der Waals surface area contributed by atoms with Gasteiger partial charge in [0.05, 0.1) is 22.9 Å².